The van der Waals surface area contributed by atoms with Gasteiger partial charge in [0.25, 0.3) is 0 Å². The van der Waals surface area contributed by atoms with Gasteiger partial charge in [0.15, 0.2) is 0 Å². The Labute approximate surface area is 113 Å². The molecule has 0 radical (unpaired) electrons. The molecule has 1 saturated heterocycles. The first-order valence-electron chi connectivity index (χ1n) is 6.37. The summed E-state index contributed by atoms with van der Waals surface area (Å²) in [4.78, 5) is 2.36. The van der Waals surface area contributed by atoms with Crippen molar-refractivity contribution in [2.45, 2.75) is 38.3 Å². The fraction of sp³-hybridized carbons (Fsp3) is 0.571. The van der Waals surface area contributed by atoms with Crippen LogP contribution in [0.2, 0.25) is 5.02 Å². The lowest BCUT2D eigenvalue weighted by Crippen LogP contribution is -2.43. The van der Waals surface area contributed by atoms with Gasteiger partial charge in [0.1, 0.15) is 5.82 Å². The number of benzene rings is 1. The molecule has 1 aliphatic heterocycles. The summed E-state index contributed by atoms with van der Waals surface area (Å²) >= 11 is 5.93. The number of hydrogen-bond donors (Lipinski definition) is 1. The van der Waals surface area contributed by atoms with Gasteiger partial charge in [-0.2, -0.15) is 0 Å². The predicted octanol–water partition coefficient (Wildman–Crippen LogP) is 3.35. The van der Waals surface area contributed by atoms with Crippen molar-refractivity contribution < 1.29 is 4.39 Å². The Balaban J connectivity index is 2.33. The van der Waals surface area contributed by atoms with Crippen LogP contribution in [0.25, 0.3) is 0 Å². The van der Waals surface area contributed by atoms with Crippen LogP contribution >= 0.6 is 11.6 Å². The van der Waals surface area contributed by atoms with Crippen LogP contribution in [-0.4, -0.2) is 23.5 Å². The summed E-state index contributed by atoms with van der Waals surface area (Å²) in [7, 11) is 0. The molecule has 0 aromatic heterocycles. The van der Waals surface area contributed by atoms with Crippen molar-refractivity contribution in [2.75, 3.05) is 13.1 Å². The van der Waals surface area contributed by atoms with Crippen LogP contribution in [-0.2, 0) is 0 Å². The number of rotatable bonds is 3. The van der Waals surface area contributed by atoms with Crippen LogP contribution in [0.1, 0.15) is 38.3 Å². The van der Waals surface area contributed by atoms with Gasteiger partial charge < -0.3 is 5.73 Å². The first-order valence-corrected chi connectivity index (χ1v) is 6.74. The van der Waals surface area contributed by atoms with Crippen LogP contribution in [0.3, 0.4) is 0 Å². The number of hydrogen-bond acceptors (Lipinski definition) is 2. The molecule has 2 N–H and O–H groups in total. The predicted molar refractivity (Wildman–Crippen MR) is 73.2 cm³/mol. The fourth-order valence-corrected chi connectivity index (χ4v) is 3.15. The molecule has 1 aliphatic rings. The molecule has 18 heavy (non-hydrogen) atoms. The summed E-state index contributed by atoms with van der Waals surface area (Å²) in [6, 6.07) is 4.72. The molecular weight excluding hydrogens is 251 g/mol. The topological polar surface area (TPSA) is 29.3 Å². The second kappa shape index (κ2) is 5.16. The molecule has 1 fully saturated rings. The van der Waals surface area contributed by atoms with E-state index in [0.717, 1.165) is 24.9 Å². The first kappa shape index (κ1) is 13.8. The Hall–Kier alpha value is -0.640. The van der Waals surface area contributed by atoms with Crippen LogP contribution < -0.4 is 5.73 Å². The summed E-state index contributed by atoms with van der Waals surface area (Å²) < 4.78 is 13.5. The molecular formula is C14H20ClFN2. The smallest absolute Gasteiger partial charge is 0.125 e. The third-order valence-electron chi connectivity index (χ3n) is 3.83. The number of likely N-dealkylation sites (tertiary alicyclic amines) is 1. The number of nitrogens with zero attached hydrogens (tertiary/aromatic N) is 1. The maximum Gasteiger partial charge on any atom is 0.125 e. The molecule has 1 unspecified atom stereocenters. The van der Waals surface area contributed by atoms with Crippen molar-refractivity contribution in [1.29, 1.82) is 0 Å². The molecule has 0 aliphatic carbocycles. The second-order valence-corrected chi connectivity index (χ2v) is 6.00. The van der Waals surface area contributed by atoms with E-state index < -0.39 is 0 Å². The molecule has 1 atom stereocenters. The van der Waals surface area contributed by atoms with E-state index in [9.17, 15) is 4.39 Å². The largest absolute Gasteiger partial charge is 0.329 e. The maximum atomic E-state index is 13.5. The van der Waals surface area contributed by atoms with E-state index in [1.54, 1.807) is 0 Å². The van der Waals surface area contributed by atoms with E-state index in [1.807, 2.05) is 6.07 Å². The zero-order valence-corrected chi connectivity index (χ0v) is 11.7. The van der Waals surface area contributed by atoms with Crippen molar-refractivity contribution in [2.24, 2.45) is 5.73 Å². The Morgan fingerprint density at radius 3 is 2.67 bits per heavy atom. The third-order valence-corrected chi connectivity index (χ3v) is 4.05. The second-order valence-electron chi connectivity index (χ2n) is 5.56. The molecule has 1 aromatic carbocycles. The van der Waals surface area contributed by atoms with Crippen molar-refractivity contribution >= 4 is 11.6 Å². The van der Waals surface area contributed by atoms with Crippen molar-refractivity contribution in [3.8, 4) is 0 Å². The maximum absolute atomic E-state index is 13.5. The van der Waals surface area contributed by atoms with Crippen LogP contribution in [0.5, 0.6) is 0 Å². The van der Waals surface area contributed by atoms with Crippen LogP contribution in [0, 0.1) is 5.82 Å². The van der Waals surface area contributed by atoms with Crippen molar-refractivity contribution in [1.82, 2.24) is 4.90 Å². The van der Waals surface area contributed by atoms with Crippen molar-refractivity contribution in [3.63, 3.8) is 0 Å². The normalized spacial score (nSPS) is 21.2. The van der Waals surface area contributed by atoms with E-state index in [4.69, 9.17) is 17.3 Å². The average molecular weight is 271 g/mol. The Morgan fingerprint density at radius 2 is 2.17 bits per heavy atom. The minimum Gasteiger partial charge on any atom is -0.329 e. The third kappa shape index (κ3) is 2.68. The van der Waals surface area contributed by atoms with Crippen molar-refractivity contribution in [3.05, 3.63) is 34.6 Å². The summed E-state index contributed by atoms with van der Waals surface area (Å²) in [5.41, 5.74) is 6.89. The van der Waals surface area contributed by atoms with Gasteiger partial charge in [0.05, 0.1) is 0 Å². The average Bonchev–Trinajstić information content (AvgIpc) is 2.59. The molecule has 100 valence electrons. The SMILES string of the molecule is CC1(C)CCCN1C(CN)c1cc(F)cc(Cl)c1. The van der Waals surface area contributed by atoms with Gasteiger partial charge in [-0.1, -0.05) is 11.6 Å². The Kier molecular flexibility index (Phi) is 3.95. The molecule has 4 heteroatoms. The van der Waals surface area contributed by atoms with Gasteiger partial charge >= 0.3 is 0 Å². The highest BCUT2D eigenvalue weighted by Crippen LogP contribution is 2.36. The lowest BCUT2D eigenvalue weighted by molar-refractivity contribution is 0.119. The molecule has 0 bridgehead atoms. The molecule has 0 saturated carbocycles. The molecule has 0 spiro atoms. The Bertz CT molecular complexity index is 414. The molecule has 2 nitrogen and oxygen atoms in total. The number of halogens is 2. The minimum absolute atomic E-state index is 0.0377. The zero-order chi connectivity index (χ0) is 13.3. The summed E-state index contributed by atoms with van der Waals surface area (Å²) in [6.45, 7) is 5.90. The number of nitrogens with two attached hydrogens (primary N) is 1. The molecule has 1 aromatic rings. The van der Waals surface area contributed by atoms with Gasteiger partial charge in [0, 0.05) is 23.1 Å². The molecule has 2 rings (SSSR count). The standard InChI is InChI=1S/C14H20ClFN2/c1-14(2)4-3-5-18(14)13(9-17)10-6-11(15)8-12(16)7-10/h6-8,13H,3-5,9,17H2,1-2H3. The van der Waals surface area contributed by atoms with Gasteiger partial charge in [0.2, 0.25) is 0 Å². The first-order chi connectivity index (χ1) is 8.44. The quantitative estimate of drug-likeness (QED) is 0.913. The summed E-state index contributed by atoms with van der Waals surface area (Å²) in [6.07, 6.45) is 2.30. The monoisotopic (exact) mass is 270 g/mol. The van der Waals surface area contributed by atoms with E-state index in [1.165, 1.54) is 12.1 Å². The highest BCUT2D eigenvalue weighted by Gasteiger charge is 2.36. The lowest BCUT2D eigenvalue weighted by atomic mass is 9.97. The van der Waals surface area contributed by atoms with Gasteiger partial charge in [-0.15, -0.1) is 0 Å². The highest BCUT2D eigenvalue weighted by atomic mass is 35.5. The fourth-order valence-electron chi connectivity index (χ4n) is 2.92. The zero-order valence-electron chi connectivity index (χ0n) is 10.9. The lowest BCUT2D eigenvalue weighted by Gasteiger charge is -2.38. The van der Waals surface area contributed by atoms with Crippen LogP contribution in [0.4, 0.5) is 4.39 Å². The van der Waals surface area contributed by atoms with E-state index in [-0.39, 0.29) is 17.4 Å². The Morgan fingerprint density at radius 1 is 1.44 bits per heavy atom. The van der Waals surface area contributed by atoms with Crippen LogP contribution in [0.15, 0.2) is 18.2 Å². The van der Waals surface area contributed by atoms with Gasteiger partial charge in [-0.3, -0.25) is 4.90 Å². The molecule has 1 heterocycles. The molecule has 0 amide bonds. The van der Waals surface area contributed by atoms with E-state index in [2.05, 4.69) is 18.7 Å². The van der Waals surface area contributed by atoms with E-state index in [0.29, 0.717) is 11.6 Å². The minimum atomic E-state index is -0.298. The highest BCUT2D eigenvalue weighted by molar-refractivity contribution is 6.30. The van der Waals surface area contributed by atoms with E-state index >= 15 is 0 Å². The van der Waals surface area contributed by atoms with Gasteiger partial charge in [-0.25, -0.2) is 4.39 Å². The van der Waals surface area contributed by atoms with Gasteiger partial charge in [-0.05, 0) is 57.0 Å². The summed E-state index contributed by atoms with van der Waals surface area (Å²) in [5, 5.41) is 0.431. The summed E-state index contributed by atoms with van der Waals surface area (Å²) in [5.74, 6) is -0.298.